The van der Waals surface area contributed by atoms with Gasteiger partial charge in [-0.15, -0.1) is 0 Å². The predicted octanol–water partition coefficient (Wildman–Crippen LogP) is 2.08. The van der Waals surface area contributed by atoms with E-state index in [1.165, 1.54) is 0 Å². The summed E-state index contributed by atoms with van der Waals surface area (Å²) in [4.78, 5) is 4.27. The minimum atomic E-state index is 0.692. The van der Waals surface area contributed by atoms with Crippen LogP contribution in [0.1, 0.15) is 5.56 Å². The number of nitrogens with zero attached hydrogens (tertiary/aromatic N) is 1. The van der Waals surface area contributed by atoms with E-state index >= 15 is 0 Å². The fourth-order valence-corrected chi connectivity index (χ4v) is 2.01. The molecule has 1 heterocycles. The Kier molecular flexibility index (Phi) is 2.90. The van der Waals surface area contributed by atoms with Crippen molar-refractivity contribution in [2.45, 2.75) is 0 Å². The van der Waals surface area contributed by atoms with Gasteiger partial charge in [-0.25, -0.2) is 4.99 Å². The molecule has 0 N–H and O–H groups in total. The van der Waals surface area contributed by atoms with Crippen LogP contribution in [0.2, 0.25) is 0 Å². The average molecular weight is 303 g/mol. The van der Waals surface area contributed by atoms with E-state index in [-0.39, 0.29) is 0 Å². The van der Waals surface area contributed by atoms with Crippen LogP contribution in [-0.4, -0.2) is 26.2 Å². The lowest BCUT2D eigenvalue weighted by molar-refractivity contribution is 0.348. The van der Waals surface area contributed by atoms with Crippen molar-refractivity contribution in [3.63, 3.8) is 0 Å². The van der Waals surface area contributed by atoms with Gasteiger partial charge in [0, 0.05) is 9.13 Å². The first-order valence-electron chi connectivity index (χ1n) is 4.32. The second-order valence-electron chi connectivity index (χ2n) is 2.88. The fraction of sp³-hybridized carbons (Fsp3) is 0.300. The van der Waals surface area contributed by atoms with Gasteiger partial charge in [-0.2, -0.15) is 0 Å². The van der Waals surface area contributed by atoms with Crippen molar-refractivity contribution in [1.29, 1.82) is 0 Å². The Labute approximate surface area is 96.3 Å². The second kappa shape index (κ2) is 4.16. The monoisotopic (exact) mass is 303 g/mol. The molecule has 0 fully saturated rings. The maximum atomic E-state index is 5.40. The van der Waals surface area contributed by atoms with Gasteiger partial charge in [0.25, 0.3) is 0 Å². The van der Waals surface area contributed by atoms with Crippen LogP contribution >= 0.6 is 22.6 Å². The van der Waals surface area contributed by atoms with E-state index in [1.807, 2.05) is 18.2 Å². The van der Waals surface area contributed by atoms with Crippen LogP contribution in [0.25, 0.3) is 0 Å². The van der Waals surface area contributed by atoms with Crippen LogP contribution in [-0.2, 0) is 4.74 Å². The summed E-state index contributed by atoms with van der Waals surface area (Å²) in [7, 11) is 1.66. The molecule has 1 aliphatic rings. The van der Waals surface area contributed by atoms with Gasteiger partial charge < -0.3 is 9.47 Å². The zero-order valence-electron chi connectivity index (χ0n) is 7.79. The number of hydrogen-bond donors (Lipinski definition) is 0. The first-order chi connectivity index (χ1) is 6.81. The molecule has 2 rings (SSSR count). The number of halogens is 1. The lowest BCUT2D eigenvalue weighted by atomic mass is 10.2. The summed E-state index contributed by atoms with van der Waals surface area (Å²) in [6.45, 7) is 1.45. The van der Waals surface area contributed by atoms with Crippen LogP contribution in [0.5, 0.6) is 5.75 Å². The number of aliphatic imine (C=N–C) groups is 1. The molecule has 0 spiro atoms. The zero-order valence-corrected chi connectivity index (χ0v) is 9.95. The molecule has 0 unspecified atom stereocenters. The zero-order chi connectivity index (χ0) is 9.97. The molecule has 0 amide bonds. The Balaban J connectivity index is 2.34. The summed E-state index contributed by atoms with van der Waals surface area (Å²) in [5, 5.41) is 0. The molecule has 0 atom stereocenters. The van der Waals surface area contributed by atoms with Crippen LogP contribution in [0.4, 0.5) is 0 Å². The molecule has 0 radical (unpaired) electrons. The molecule has 14 heavy (non-hydrogen) atoms. The van der Waals surface area contributed by atoms with Crippen LogP contribution in [0, 0.1) is 3.57 Å². The van der Waals surface area contributed by atoms with Gasteiger partial charge in [0.1, 0.15) is 12.4 Å². The minimum Gasteiger partial charge on any atom is -0.497 e. The van der Waals surface area contributed by atoms with E-state index < -0.39 is 0 Å². The van der Waals surface area contributed by atoms with Crippen molar-refractivity contribution < 1.29 is 9.47 Å². The Morgan fingerprint density at radius 3 is 2.93 bits per heavy atom. The highest BCUT2D eigenvalue weighted by atomic mass is 127. The number of rotatable bonds is 2. The maximum Gasteiger partial charge on any atom is 0.217 e. The van der Waals surface area contributed by atoms with E-state index in [2.05, 4.69) is 27.6 Å². The molecule has 0 saturated heterocycles. The summed E-state index contributed by atoms with van der Waals surface area (Å²) in [6, 6.07) is 5.87. The molecule has 0 aromatic heterocycles. The van der Waals surface area contributed by atoms with Crippen molar-refractivity contribution in [2.75, 3.05) is 20.3 Å². The van der Waals surface area contributed by atoms with Crippen molar-refractivity contribution in [2.24, 2.45) is 4.99 Å². The molecule has 4 heteroatoms. The topological polar surface area (TPSA) is 30.8 Å². The molecular formula is C10H10INO2. The quantitative estimate of drug-likeness (QED) is 0.783. The molecule has 74 valence electrons. The van der Waals surface area contributed by atoms with Gasteiger partial charge in [-0.1, -0.05) is 0 Å². The standard InChI is InChI=1S/C10H10INO2/c1-13-7-2-3-8(9(11)6-7)10-12-4-5-14-10/h2-3,6H,4-5H2,1H3. The molecule has 3 nitrogen and oxygen atoms in total. The summed E-state index contributed by atoms with van der Waals surface area (Å²) in [6.07, 6.45) is 0. The third-order valence-corrected chi connectivity index (χ3v) is 2.88. The first kappa shape index (κ1) is 9.76. The third-order valence-electron chi connectivity index (χ3n) is 1.99. The molecule has 0 saturated carbocycles. The lowest BCUT2D eigenvalue weighted by Crippen LogP contribution is -2.03. The van der Waals surface area contributed by atoms with E-state index in [0.717, 1.165) is 27.3 Å². The van der Waals surface area contributed by atoms with Crippen LogP contribution in [0.3, 0.4) is 0 Å². The fourth-order valence-electron chi connectivity index (χ4n) is 1.29. The highest BCUT2D eigenvalue weighted by Crippen LogP contribution is 2.21. The minimum absolute atomic E-state index is 0.692. The third kappa shape index (κ3) is 1.84. The van der Waals surface area contributed by atoms with Gasteiger partial charge in [0.15, 0.2) is 0 Å². The van der Waals surface area contributed by atoms with Gasteiger partial charge in [-0.3, -0.25) is 0 Å². The molecular weight excluding hydrogens is 293 g/mol. The maximum absolute atomic E-state index is 5.40. The van der Waals surface area contributed by atoms with Crippen molar-refractivity contribution in [3.8, 4) is 5.75 Å². The number of benzene rings is 1. The van der Waals surface area contributed by atoms with E-state index in [0.29, 0.717) is 6.61 Å². The summed E-state index contributed by atoms with van der Waals surface area (Å²) >= 11 is 2.26. The lowest BCUT2D eigenvalue weighted by Gasteiger charge is -2.06. The predicted molar refractivity (Wildman–Crippen MR) is 63.1 cm³/mol. The highest BCUT2D eigenvalue weighted by molar-refractivity contribution is 14.1. The first-order valence-corrected chi connectivity index (χ1v) is 5.40. The van der Waals surface area contributed by atoms with Gasteiger partial charge >= 0.3 is 0 Å². The van der Waals surface area contributed by atoms with E-state index in [4.69, 9.17) is 9.47 Å². The van der Waals surface area contributed by atoms with Gasteiger partial charge in [0.2, 0.25) is 5.90 Å². The summed E-state index contributed by atoms with van der Waals surface area (Å²) in [5.74, 6) is 1.61. The molecule has 1 aromatic rings. The van der Waals surface area contributed by atoms with Crippen LogP contribution < -0.4 is 4.74 Å². The van der Waals surface area contributed by atoms with E-state index in [1.54, 1.807) is 7.11 Å². The Bertz CT molecular complexity index is 376. The molecule has 0 aliphatic carbocycles. The Morgan fingerprint density at radius 1 is 1.50 bits per heavy atom. The Hall–Kier alpha value is -0.780. The highest BCUT2D eigenvalue weighted by Gasteiger charge is 2.13. The number of methoxy groups -OCH3 is 1. The summed E-state index contributed by atoms with van der Waals surface area (Å²) in [5.41, 5.74) is 1.05. The molecule has 0 bridgehead atoms. The SMILES string of the molecule is COc1ccc(C2=NCCO2)c(I)c1. The van der Waals surface area contributed by atoms with Crippen molar-refractivity contribution >= 4 is 28.5 Å². The number of ether oxygens (including phenoxy) is 2. The summed E-state index contributed by atoms with van der Waals surface area (Å²) < 4.78 is 11.6. The van der Waals surface area contributed by atoms with Gasteiger partial charge in [-0.05, 0) is 40.8 Å². The second-order valence-corrected chi connectivity index (χ2v) is 4.04. The van der Waals surface area contributed by atoms with Crippen molar-refractivity contribution in [3.05, 3.63) is 27.3 Å². The molecule has 1 aromatic carbocycles. The van der Waals surface area contributed by atoms with Gasteiger partial charge in [0.05, 0.1) is 13.7 Å². The normalized spacial score (nSPS) is 14.9. The largest absolute Gasteiger partial charge is 0.497 e. The van der Waals surface area contributed by atoms with E-state index in [9.17, 15) is 0 Å². The van der Waals surface area contributed by atoms with Crippen molar-refractivity contribution in [1.82, 2.24) is 0 Å². The Morgan fingerprint density at radius 2 is 2.36 bits per heavy atom. The molecule has 1 aliphatic heterocycles. The average Bonchev–Trinajstić information content (AvgIpc) is 2.70. The number of hydrogen-bond acceptors (Lipinski definition) is 3. The van der Waals surface area contributed by atoms with Crippen LogP contribution in [0.15, 0.2) is 23.2 Å². The smallest absolute Gasteiger partial charge is 0.217 e.